The van der Waals surface area contributed by atoms with Gasteiger partial charge in [-0.1, -0.05) is 0 Å². The first-order valence-electron chi connectivity index (χ1n) is 12.4. The van der Waals surface area contributed by atoms with Crippen LogP contribution in [0.3, 0.4) is 0 Å². The summed E-state index contributed by atoms with van der Waals surface area (Å²) in [5, 5.41) is 15.5. The third-order valence-corrected chi connectivity index (χ3v) is 7.01. The van der Waals surface area contributed by atoms with Crippen molar-refractivity contribution in [1.82, 2.24) is 34.8 Å². The van der Waals surface area contributed by atoms with Gasteiger partial charge in [-0.3, -0.25) is 24.0 Å². The van der Waals surface area contributed by atoms with Crippen molar-refractivity contribution in [3.05, 3.63) is 54.4 Å². The number of hydrogen-bond acceptors (Lipinski definition) is 8. The average molecular weight is 574 g/mol. The zero-order chi connectivity index (χ0) is 28.3. The van der Waals surface area contributed by atoms with E-state index in [0.717, 1.165) is 16.2 Å². The van der Waals surface area contributed by atoms with Crippen molar-refractivity contribution in [2.45, 2.75) is 29.6 Å². The number of amides is 2. The Bertz CT molecular complexity index is 1500. The predicted molar refractivity (Wildman–Crippen MR) is 142 cm³/mol. The monoisotopic (exact) mass is 573 g/mol. The summed E-state index contributed by atoms with van der Waals surface area (Å²) in [5.41, 5.74) is 2.23. The van der Waals surface area contributed by atoms with E-state index < -0.39 is 24.5 Å². The first kappa shape index (κ1) is 27.5. The van der Waals surface area contributed by atoms with Gasteiger partial charge in [0.2, 0.25) is 17.8 Å². The van der Waals surface area contributed by atoms with Crippen LogP contribution in [0.15, 0.2) is 58.7 Å². The van der Waals surface area contributed by atoms with Crippen LogP contribution in [0.5, 0.6) is 0 Å². The van der Waals surface area contributed by atoms with Gasteiger partial charge in [0.05, 0.1) is 12.5 Å². The van der Waals surface area contributed by atoms with E-state index in [4.69, 9.17) is 0 Å². The minimum Gasteiger partial charge on any atom is -0.347 e. The van der Waals surface area contributed by atoms with Crippen LogP contribution in [0.4, 0.5) is 30.6 Å². The number of carbonyl (C=O) groups is 2. The van der Waals surface area contributed by atoms with Gasteiger partial charge in [0, 0.05) is 35.1 Å². The maximum atomic E-state index is 12.5. The maximum absolute atomic E-state index is 12.5. The maximum Gasteiger partial charge on any atom is 0.405 e. The molecular formula is C25H26F3N9O2S. The molecule has 5 rings (SSSR count). The first-order valence-corrected chi connectivity index (χ1v) is 13.2. The topological polar surface area (TPSA) is 132 Å². The number of aryl methyl sites for hydroxylation is 1. The molecule has 210 valence electrons. The van der Waals surface area contributed by atoms with Crippen molar-refractivity contribution >= 4 is 46.7 Å². The molecule has 1 saturated heterocycles. The summed E-state index contributed by atoms with van der Waals surface area (Å²) >= 11 is 1.36. The van der Waals surface area contributed by atoms with Gasteiger partial charge in [0.15, 0.2) is 11.0 Å². The number of rotatable bonds is 9. The molecule has 0 radical (unpaired) electrons. The second-order valence-electron chi connectivity index (χ2n) is 9.36. The quantitative estimate of drug-likeness (QED) is 0.239. The number of likely N-dealkylation sites (tertiary alicyclic amines) is 1. The lowest BCUT2D eigenvalue weighted by Crippen LogP contribution is -2.39. The first-order chi connectivity index (χ1) is 19.1. The number of anilines is 3. The number of fused-ring (bicyclic) bond motifs is 1. The van der Waals surface area contributed by atoms with Crippen LogP contribution < -0.4 is 16.0 Å². The van der Waals surface area contributed by atoms with Crippen molar-refractivity contribution in [3.63, 3.8) is 0 Å². The fourth-order valence-corrected chi connectivity index (χ4v) is 5.03. The summed E-state index contributed by atoms with van der Waals surface area (Å²) in [7, 11) is 0. The molecule has 0 spiro atoms. The molecule has 1 aliphatic rings. The van der Waals surface area contributed by atoms with Crippen LogP contribution in [0.1, 0.15) is 12.1 Å². The number of aromatic amines is 1. The molecule has 40 heavy (non-hydrogen) atoms. The van der Waals surface area contributed by atoms with Gasteiger partial charge in [0.1, 0.15) is 12.2 Å². The molecule has 4 heterocycles. The summed E-state index contributed by atoms with van der Waals surface area (Å²) in [6, 6.07) is 12.8. The van der Waals surface area contributed by atoms with E-state index in [1.165, 1.54) is 11.8 Å². The lowest BCUT2D eigenvalue weighted by molar-refractivity contribution is -0.140. The van der Waals surface area contributed by atoms with Crippen LogP contribution in [0.2, 0.25) is 0 Å². The summed E-state index contributed by atoms with van der Waals surface area (Å²) in [4.78, 5) is 36.3. The minimum atomic E-state index is -4.45. The normalized spacial score (nSPS) is 15.8. The third kappa shape index (κ3) is 7.09. The molecule has 1 atom stereocenters. The molecule has 0 bridgehead atoms. The van der Waals surface area contributed by atoms with Crippen molar-refractivity contribution in [2.24, 2.45) is 5.92 Å². The highest BCUT2D eigenvalue weighted by molar-refractivity contribution is 7.99. The van der Waals surface area contributed by atoms with Crippen LogP contribution in [0.25, 0.3) is 5.65 Å². The Balaban J connectivity index is 1.15. The van der Waals surface area contributed by atoms with Crippen LogP contribution >= 0.6 is 11.8 Å². The fourth-order valence-electron chi connectivity index (χ4n) is 4.28. The van der Waals surface area contributed by atoms with Gasteiger partial charge in [-0.05, 0) is 68.0 Å². The van der Waals surface area contributed by atoms with Gasteiger partial charge in [-0.25, -0.2) is 4.98 Å². The number of benzene rings is 1. The molecule has 11 nitrogen and oxygen atoms in total. The summed E-state index contributed by atoms with van der Waals surface area (Å²) in [6.07, 6.45) is -2.20. The fraction of sp³-hybridized carbons (Fsp3) is 0.320. The van der Waals surface area contributed by atoms with Crippen molar-refractivity contribution in [2.75, 3.05) is 36.8 Å². The number of hydrogen-bond donors (Lipinski definition) is 4. The SMILES string of the molecule is Cc1cc(Nc2nc(Sc3ccc(NC(=O)CN4CC[C@H](C(=O)NCC(F)(F)F)C4)cc3)nc3cccn23)n[nH]1. The van der Waals surface area contributed by atoms with Gasteiger partial charge >= 0.3 is 6.18 Å². The molecule has 0 unspecified atom stereocenters. The number of nitrogens with zero attached hydrogens (tertiary/aromatic N) is 5. The standard InChI is InChI=1S/C25H26F3N9O2S/c1-15-11-19(35-34-15)31-23-33-24(32-20-3-2-9-37(20)23)40-18-6-4-17(5-7-18)30-21(38)13-36-10-8-16(12-36)22(39)29-14-25(26,27)28/h2-7,9,11,16H,8,10,12-14H2,1H3,(H,29,39)(H,30,38)(H2,31,32,33,34,35)/t16-/m0/s1. The lowest BCUT2D eigenvalue weighted by atomic mass is 10.1. The van der Waals surface area contributed by atoms with E-state index in [-0.39, 0.29) is 19.0 Å². The zero-order valence-electron chi connectivity index (χ0n) is 21.3. The third-order valence-electron chi connectivity index (χ3n) is 6.13. The summed E-state index contributed by atoms with van der Waals surface area (Å²) < 4.78 is 38.8. The number of aromatic nitrogens is 5. The summed E-state index contributed by atoms with van der Waals surface area (Å²) in [6.45, 7) is 1.28. The van der Waals surface area contributed by atoms with Gasteiger partial charge in [0.25, 0.3) is 0 Å². The number of nitrogens with one attached hydrogen (secondary N) is 4. The van der Waals surface area contributed by atoms with E-state index in [1.807, 2.05) is 53.2 Å². The van der Waals surface area contributed by atoms with Gasteiger partial charge < -0.3 is 16.0 Å². The highest BCUT2D eigenvalue weighted by atomic mass is 32.2. The van der Waals surface area contributed by atoms with E-state index >= 15 is 0 Å². The average Bonchev–Trinajstić information content (AvgIpc) is 3.65. The predicted octanol–water partition coefficient (Wildman–Crippen LogP) is 3.59. The van der Waals surface area contributed by atoms with Gasteiger partial charge in [-0.2, -0.15) is 23.3 Å². The number of H-pyrrole nitrogens is 1. The van der Waals surface area contributed by atoms with E-state index in [9.17, 15) is 22.8 Å². The smallest absolute Gasteiger partial charge is 0.347 e. The number of carbonyl (C=O) groups excluding carboxylic acids is 2. The molecule has 1 fully saturated rings. The number of halogens is 3. The van der Waals surface area contributed by atoms with Crippen molar-refractivity contribution in [3.8, 4) is 0 Å². The zero-order valence-corrected chi connectivity index (χ0v) is 22.1. The highest BCUT2D eigenvalue weighted by Gasteiger charge is 2.33. The molecule has 4 N–H and O–H groups in total. The second kappa shape index (κ2) is 11.6. The Morgan fingerprint density at radius 3 is 2.70 bits per heavy atom. The Morgan fingerprint density at radius 1 is 1.18 bits per heavy atom. The molecular weight excluding hydrogens is 547 g/mol. The molecule has 3 aromatic heterocycles. The Hall–Kier alpha value is -4.11. The summed E-state index contributed by atoms with van der Waals surface area (Å²) in [5.74, 6) is -0.291. The van der Waals surface area contributed by atoms with Crippen LogP contribution in [0, 0.1) is 12.8 Å². The second-order valence-corrected chi connectivity index (χ2v) is 10.4. The van der Waals surface area contributed by atoms with Crippen molar-refractivity contribution < 1.29 is 22.8 Å². The Kier molecular flexibility index (Phi) is 7.93. The van der Waals surface area contributed by atoms with Crippen molar-refractivity contribution in [1.29, 1.82) is 0 Å². The largest absolute Gasteiger partial charge is 0.405 e. The minimum absolute atomic E-state index is 0.0377. The van der Waals surface area contributed by atoms with E-state index in [2.05, 4.69) is 30.8 Å². The Labute approximate surface area is 230 Å². The van der Waals surface area contributed by atoms with E-state index in [1.54, 1.807) is 17.0 Å². The molecule has 0 aliphatic carbocycles. The molecule has 4 aromatic rings. The molecule has 15 heteroatoms. The molecule has 2 amide bonds. The lowest BCUT2D eigenvalue weighted by Gasteiger charge is -2.16. The van der Waals surface area contributed by atoms with Crippen LogP contribution in [-0.4, -0.2) is 73.6 Å². The van der Waals surface area contributed by atoms with Crippen LogP contribution in [-0.2, 0) is 9.59 Å². The van der Waals surface area contributed by atoms with Gasteiger partial charge in [-0.15, -0.1) is 0 Å². The Morgan fingerprint density at radius 2 is 1.98 bits per heavy atom. The van der Waals surface area contributed by atoms with E-state index in [0.29, 0.717) is 35.6 Å². The molecule has 0 saturated carbocycles. The molecule has 1 aromatic carbocycles. The highest BCUT2D eigenvalue weighted by Crippen LogP contribution is 2.28. The molecule has 1 aliphatic heterocycles. The number of alkyl halides is 3.